The van der Waals surface area contributed by atoms with Crippen LogP contribution in [0.5, 0.6) is 0 Å². The summed E-state index contributed by atoms with van der Waals surface area (Å²) in [6, 6.07) is 0. The summed E-state index contributed by atoms with van der Waals surface area (Å²) in [4.78, 5) is 0. The fraction of sp³-hybridized carbons (Fsp3) is 1.00. The first kappa shape index (κ1) is 16.3. The van der Waals surface area contributed by atoms with Crippen LogP contribution in [0.3, 0.4) is 0 Å². The Bertz CT molecular complexity index is 178. The molecule has 0 rings (SSSR count). The molecule has 90 valence electrons. The van der Waals surface area contributed by atoms with Crippen molar-refractivity contribution < 1.29 is 18.9 Å². The van der Waals surface area contributed by atoms with E-state index in [0.29, 0.717) is 0 Å². The molecule has 2 N–H and O–H groups in total. The summed E-state index contributed by atoms with van der Waals surface area (Å²) in [5.41, 5.74) is 0. The van der Waals surface area contributed by atoms with Crippen molar-refractivity contribution in [3.63, 3.8) is 0 Å². The lowest BCUT2D eigenvalue weighted by Gasteiger charge is -1.96. The highest BCUT2D eigenvalue weighted by molar-refractivity contribution is 7.79. The van der Waals surface area contributed by atoms with E-state index in [4.69, 9.17) is 17.5 Å². The van der Waals surface area contributed by atoms with Gasteiger partial charge in [-0.1, -0.05) is 58.8 Å². The van der Waals surface area contributed by atoms with E-state index >= 15 is 0 Å². The minimum atomic E-state index is -4.67. The summed E-state index contributed by atoms with van der Waals surface area (Å²) in [7, 11) is -4.67. The van der Waals surface area contributed by atoms with Crippen LogP contribution in [0.15, 0.2) is 0 Å². The van der Waals surface area contributed by atoms with Gasteiger partial charge in [0.05, 0.1) is 0 Å². The van der Waals surface area contributed by atoms with E-state index in [1.165, 1.54) is 44.9 Å². The first-order valence-corrected chi connectivity index (χ1v) is 6.51. The lowest BCUT2D eigenvalue weighted by molar-refractivity contribution is 0.381. The lowest BCUT2D eigenvalue weighted by Crippen LogP contribution is -1.89. The maximum Gasteiger partial charge on any atom is 0.394 e. The third kappa shape index (κ3) is 40.7. The molecule has 0 aliphatic heterocycles. The third-order valence-electron chi connectivity index (χ3n) is 1.71. The van der Waals surface area contributed by atoms with Crippen LogP contribution in [-0.4, -0.2) is 17.5 Å². The average molecular weight is 228 g/mol. The van der Waals surface area contributed by atoms with Crippen molar-refractivity contribution in [2.24, 2.45) is 0 Å². The lowest BCUT2D eigenvalue weighted by atomic mass is 10.1. The number of hydrogen-bond acceptors (Lipinski definition) is 2. The molecule has 0 fully saturated rings. The number of rotatable bonds is 6. The molecule has 0 saturated heterocycles. The Hall–Kier alpha value is -0.130. The Morgan fingerprint density at radius 2 is 1.07 bits per heavy atom. The fourth-order valence-electron chi connectivity index (χ4n) is 1.03. The molecule has 0 atom stereocenters. The Balaban J connectivity index is -0.000000208. The molecule has 5 heteroatoms. The van der Waals surface area contributed by atoms with Gasteiger partial charge in [-0.05, 0) is 0 Å². The van der Waals surface area contributed by atoms with Gasteiger partial charge in [-0.2, -0.15) is 8.42 Å². The second-order valence-corrected chi connectivity index (χ2v) is 4.11. The third-order valence-corrected chi connectivity index (χ3v) is 1.71. The summed E-state index contributed by atoms with van der Waals surface area (Å²) >= 11 is 0. The van der Waals surface area contributed by atoms with Crippen LogP contribution < -0.4 is 0 Å². The van der Waals surface area contributed by atoms with Gasteiger partial charge in [-0.15, -0.1) is 0 Å². The quantitative estimate of drug-likeness (QED) is 0.540. The molecule has 0 aromatic heterocycles. The van der Waals surface area contributed by atoms with Crippen LogP contribution in [0, 0.1) is 0 Å². The molecule has 0 heterocycles. The van der Waals surface area contributed by atoms with Crippen LogP contribution >= 0.6 is 0 Å². The normalized spacial score (nSPS) is 10.6. The van der Waals surface area contributed by atoms with Crippen LogP contribution in [0.2, 0.25) is 0 Å². The average Bonchev–Trinajstić information content (AvgIpc) is 2.01. The molecular weight excluding hydrogens is 204 g/mol. The van der Waals surface area contributed by atoms with E-state index < -0.39 is 10.4 Å². The standard InChI is InChI=1S/C9H20.H2O4S.H2/c1-3-5-7-9-8-6-4-2;1-5(2,3)4;/h3-9H2,1-2H3;(H2,1,2,3,4);1H. The van der Waals surface area contributed by atoms with Crippen LogP contribution in [-0.2, 0) is 10.4 Å². The summed E-state index contributed by atoms with van der Waals surface area (Å²) < 4.78 is 31.6. The molecule has 0 amide bonds. The summed E-state index contributed by atoms with van der Waals surface area (Å²) in [6.45, 7) is 4.53. The predicted molar refractivity (Wildman–Crippen MR) is 60.0 cm³/mol. The highest BCUT2D eigenvalue weighted by atomic mass is 32.3. The van der Waals surface area contributed by atoms with Crippen LogP contribution in [0.4, 0.5) is 0 Å². The second-order valence-electron chi connectivity index (χ2n) is 3.22. The van der Waals surface area contributed by atoms with E-state index in [2.05, 4.69) is 13.8 Å². The molecular formula is C9H24O4S. The highest BCUT2D eigenvalue weighted by Crippen LogP contribution is 2.05. The molecule has 0 aromatic carbocycles. The minimum Gasteiger partial charge on any atom is -0.264 e. The molecule has 0 saturated carbocycles. The van der Waals surface area contributed by atoms with Crippen molar-refractivity contribution in [1.82, 2.24) is 0 Å². The van der Waals surface area contributed by atoms with Crippen LogP contribution in [0.1, 0.15) is 60.2 Å². The van der Waals surface area contributed by atoms with Gasteiger partial charge < -0.3 is 0 Å². The van der Waals surface area contributed by atoms with Gasteiger partial charge in [-0.3, -0.25) is 9.11 Å². The largest absolute Gasteiger partial charge is 0.394 e. The Morgan fingerprint density at radius 3 is 1.29 bits per heavy atom. The number of unbranched alkanes of at least 4 members (excludes halogenated alkanes) is 6. The maximum absolute atomic E-state index is 8.74. The van der Waals surface area contributed by atoms with Gasteiger partial charge in [0.25, 0.3) is 0 Å². The van der Waals surface area contributed by atoms with Crippen molar-refractivity contribution in [2.45, 2.75) is 58.8 Å². The molecule has 0 unspecified atom stereocenters. The zero-order chi connectivity index (χ0) is 11.4. The van der Waals surface area contributed by atoms with E-state index in [-0.39, 0.29) is 1.43 Å². The topological polar surface area (TPSA) is 74.6 Å². The summed E-state index contributed by atoms with van der Waals surface area (Å²) in [5, 5.41) is 0. The molecule has 14 heavy (non-hydrogen) atoms. The highest BCUT2D eigenvalue weighted by Gasteiger charge is 1.86. The van der Waals surface area contributed by atoms with Gasteiger partial charge in [0.1, 0.15) is 0 Å². The van der Waals surface area contributed by atoms with E-state index in [9.17, 15) is 0 Å². The van der Waals surface area contributed by atoms with Gasteiger partial charge in [-0.25, -0.2) is 0 Å². The predicted octanol–water partition coefficient (Wildman–Crippen LogP) is 3.35. The zero-order valence-electron chi connectivity index (χ0n) is 9.07. The van der Waals surface area contributed by atoms with Crippen molar-refractivity contribution in [3.05, 3.63) is 0 Å². The SMILES string of the molecule is CCCCCCCCC.O=S(=O)(O)O.[HH]. The Morgan fingerprint density at radius 1 is 0.857 bits per heavy atom. The Labute approximate surface area is 88.8 Å². The van der Waals surface area contributed by atoms with Crippen LogP contribution in [0.25, 0.3) is 0 Å². The first-order valence-electron chi connectivity index (χ1n) is 5.11. The van der Waals surface area contributed by atoms with Gasteiger partial charge >= 0.3 is 10.4 Å². The molecule has 0 aromatic rings. The van der Waals surface area contributed by atoms with E-state index in [1.54, 1.807) is 0 Å². The Kier molecular flexibility index (Phi) is 12.8. The smallest absolute Gasteiger partial charge is 0.264 e. The zero-order valence-corrected chi connectivity index (χ0v) is 9.89. The van der Waals surface area contributed by atoms with Gasteiger partial charge in [0, 0.05) is 1.43 Å². The summed E-state index contributed by atoms with van der Waals surface area (Å²) in [6.07, 6.45) is 9.97. The molecule has 0 spiro atoms. The molecule has 4 nitrogen and oxygen atoms in total. The fourth-order valence-corrected chi connectivity index (χ4v) is 1.03. The van der Waals surface area contributed by atoms with Gasteiger partial charge in [0.15, 0.2) is 0 Å². The second kappa shape index (κ2) is 10.9. The molecule has 0 radical (unpaired) electrons. The molecule has 0 aliphatic carbocycles. The van der Waals surface area contributed by atoms with Crippen molar-refractivity contribution in [1.29, 1.82) is 0 Å². The van der Waals surface area contributed by atoms with E-state index in [1.807, 2.05) is 0 Å². The maximum atomic E-state index is 8.74. The van der Waals surface area contributed by atoms with E-state index in [0.717, 1.165) is 0 Å². The van der Waals surface area contributed by atoms with Crippen molar-refractivity contribution in [3.8, 4) is 0 Å². The van der Waals surface area contributed by atoms with Crippen molar-refractivity contribution >= 4 is 10.4 Å². The summed E-state index contributed by atoms with van der Waals surface area (Å²) in [5.74, 6) is 0. The minimum absolute atomic E-state index is 0. The molecule has 0 bridgehead atoms. The monoisotopic (exact) mass is 228 g/mol. The van der Waals surface area contributed by atoms with Gasteiger partial charge in [0.2, 0.25) is 0 Å². The van der Waals surface area contributed by atoms with Crippen molar-refractivity contribution in [2.75, 3.05) is 0 Å². The molecule has 0 aliphatic rings. The number of hydrogen-bond donors (Lipinski definition) is 2. The first-order chi connectivity index (χ1) is 6.41.